The Kier molecular flexibility index (Phi) is 6.22. The fourth-order valence-electron chi connectivity index (χ4n) is 4.48. The molecule has 0 radical (unpaired) electrons. The number of aromatic nitrogens is 1. The Morgan fingerprint density at radius 3 is 2.72 bits per heavy atom. The van der Waals surface area contributed by atoms with E-state index in [1.54, 1.807) is 28.9 Å². The van der Waals surface area contributed by atoms with Gasteiger partial charge in [0.1, 0.15) is 11.4 Å². The van der Waals surface area contributed by atoms with Gasteiger partial charge in [0.25, 0.3) is 11.6 Å². The molecule has 6 rings (SSSR count). The molecule has 4 aromatic carbocycles. The number of hydrogen-bond donors (Lipinski definition) is 1. The first-order valence-electron chi connectivity index (χ1n) is 12.1. The fraction of sp³-hybridized carbons (Fsp3) is 0.0690. The van der Waals surface area contributed by atoms with Crippen LogP contribution < -0.4 is 14.9 Å². The first-order valence-corrected chi connectivity index (χ1v) is 13.0. The summed E-state index contributed by atoms with van der Waals surface area (Å²) >= 11 is 1.31. The number of anilines is 1. The van der Waals surface area contributed by atoms with Gasteiger partial charge in [-0.15, -0.1) is 11.3 Å². The van der Waals surface area contributed by atoms with Crippen LogP contribution in [0.5, 0.6) is 5.75 Å². The maximum Gasteiger partial charge on any atom is 0.294 e. The molecule has 1 amide bonds. The van der Waals surface area contributed by atoms with Crippen LogP contribution in [0.1, 0.15) is 12.5 Å². The summed E-state index contributed by atoms with van der Waals surface area (Å²) in [5, 5.41) is 23.5. The Morgan fingerprint density at radius 2 is 1.85 bits per heavy atom. The monoisotopic (exact) mass is 535 g/mol. The Balaban J connectivity index is 1.56. The lowest BCUT2D eigenvalue weighted by Gasteiger charge is -2.18. The van der Waals surface area contributed by atoms with Gasteiger partial charge in [-0.1, -0.05) is 54.6 Å². The lowest BCUT2D eigenvalue weighted by molar-refractivity contribution is -0.384. The van der Waals surface area contributed by atoms with Crippen molar-refractivity contribution in [1.82, 2.24) is 4.68 Å². The van der Waals surface area contributed by atoms with Crippen molar-refractivity contribution in [3.05, 3.63) is 111 Å². The van der Waals surface area contributed by atoms with Gasteiger partial charge >= 0.3 is 0 Å². The molecular weight excluding hydrogens is 514 g/mol. The summed E-state index contributed by atoms with van der Waals surface area (Å²) in [6, 6.07) is 26.0. The normalized spacial score (nSPS) is 13.6. The van der Waals surface area contributed by atoms with Crippen molar-refractivity contribution in [1.29, 1.82) is 0 Å². The zero-order chi connectivity index (χ0) is 26.9. The van der Waals surface area contributed by atoms with Crippen molar-refractivity contribution >= 4 is 50.8 Å². The summed E-state index contributed by atoms with van der Waals surface area (Å²) in [6.07, 6.45) is 0. The van der Waals surface area contributed by atoms with Crippen molar-refractivity contribution in [3.8, 4) is 17.0 Å². The Hall–Kier alpha value is -5.09. The van der Waals surface area contributed by atoms with Gasteiger partial charge in [0.05, 0.1) is 22.0 Å². The maximum atomic E-state index is 11.9. The highest BCUT2D eigenvalue weighted by molar-refractivity contribution is 7.07. The molecular formula is C29H21N5O4S. The number of hydrogen-bond acceptors (Lipinski definition) is 7. The second kappa shape index (κ2) is 9.99. The molecule has 0 unspecified atom stereocenters. The number of carbonyl (C=O) groups is 1. The van der Waals surface area contributed by atoms with E-state index in [0.29, 0.717) is 21.9 Å². The van der Waals surface area contributed by atoms with E-state index in [1.165, 1.54) is 17.4 Å². The molecule has 5 aromatic rings. The highest BCUT2D eigenvalue weighted by Gasteiger charge is 2.19. The number of fused-ring (bicyclic) bond motifs is 2. The van der Waals surface area contributed by atoms with E-state index in [9.17, 15) is 14.9 Å². The third kappa shape index (κ3) is 4.69. The van der Waals surface area contributed by atoms with Gasteiger partial charge < -0.3 is 10.1 Å². The number of para-hydroxylation sites is 2. The number of nitro groups is 1. The summed E-state index contributed by atoms with van der Waals surface area (Å²) in [5.74, 6) is 0.357. The topological polar surface area (TPSA) is 111 Å². The highest BCUT2D eigenvalue weighted by Crippen LogP contribution is 2.33. The number of benzene rings is 4. The number of ether oxygens (including phenoxy) is 1. The second-order valence-corrected chi connectivity index (χ2v) is 9.67. The molecule has 1 aliphatic heterocycles. The van der Waals surface area contributed by atoms with Crippen LogP contribution in [0, 0.1) is 10.1 Å². The van der Waals surface area contributed by atoms with Gasteiger partial charge in [0, 0.05) is 22.6 Å². The van der Waals surface area contributed by atoms with Crippen molar-refractivity contribution in [2.45, 2.75) is 6.92 Å². The van der Waals surface area contributed by atoms with E-state index in [2.05, 4.69) is 10.3 Å². The van der Waals surface area contributed by atoms with Gasteiger partial charge in [-0.25, -0.2) is 9.67 Å². The van der Waals surface area contributed by atoms with E-state index in [4.69, 9.17) is 9.84 Å². The van der Waals surface area contributed by atoms with Gasteiger partial charge in [0.15, 0.2) is 6.61 Å². The fourth-order valence-corrected chi connectivity index (χ4v) is 5.32. The molecule has 0 bridgehead atoms. The van der Waals surface area contributed by atoms with Crippen molar-refractivity contribution in [2.75, 3.05) is 11.9 Å². The standard InChI is InChI=1S/C29H21N5O4S/c1-18(21-10-6-8-19-7-2-3-9-22(19)21)32-33-26(20-13-14-27-24(15-20)30-28(35)16-38-27)17-39-29(33)31-23-11-4-5-12-25(23)34(36)37/h2-15,17H,16H2,1H3,(H,30,35). The second-order valence-electron chi connectivity index (χ2n) is 8.83. The number of nitrogens with zero attached hydrogens (tertiary/aromatic N) is 4. The van der Waals surface area contributed by atoms with E-state index in [0.717, 1.165) is 27.6 Å². The number of carbonyl (C=O) groups excluding carboxylic acids is 1. The lowest BCUT2D eigenvalue weighted by Crippen LogP contribution is -2.25. The van der Waals surface area contributed by atoms with E-state index < -0.39 is 4.92 Å². The van der Waals surface area contributed by atoms with Crippen LogP contribution in [0.3, 0.4) is 0 Å². The summed E-state index contributed by atoms with van der Waals surface area (Å²) < 4.78 is 7.20. The Bertz CT molecular complexity index is 1870. The molecule has 0 spiro atoms. The quantitative estimate of drug-likeness (QED) is 0.166. The molecule has 2 heterocycles. The van der Waals surface area contributed by atoms with E-state index in [1.807, 2.05) is 66.9 Å². The van der Waals surface area contributed by atoms with Gasteiger partial charge in [-0.3, -0.25) is 14.9 Å². The van der Waals surface area contributed by atoms with Crippen LogP contribution in [-0.4, -0.2) is 27.8 Å². The number of nitro benzene ring substituents is 1. The van der Waals surface area contributed by atoms with Crippen LogP contribution in [0.25, 0.3) is 22.0 Å². The SMILES string of the molecule is CC(=Nn1c(-c2ccc3c(c2)NC(=O)CO3)csc1=Nc1ccccc1[N+](=O)[O-])c1cccc2ccccc12. The summed E-state index contributed by atoms with van der Waals surface area (Å²) in [4.78, 5) is 28.2. The minimum absolute atomic E-state index is 0.0296. The van der Waals surface area contributed by atoms with E-state index in [-0.39, 0.29) is 23.9 Å². The average Bonchev–Trinajstić information content (AvgIpc) is 3.34. The minimum Gasteiger partial charge on any atom is -0.482 e. The van der Waals surface area contributed by atoms with Gasteiger partial charge in [0.2, 0.25) is 4.80 Å². The molecule has 0 saturated heterocycles. The number of amides is 1. The largest absolute Gasteiger partial charge is 0.482 e. The van der Waals surface area contributed by atoms with Crippen LogP contribution in [0.4, 0.5) is 17.1 Å². The third-order valence-corrected chi connectivity index (χ3v) is 7.13. The van der Waals surface area contributed by atoms with Crippen LogP contribution in [0.2, 0.25) is 0 Å². The molecule has 1 N–H and O–H groups in total. The van der Waals surface area contributed by atoms with E-state index >= 15 is 0 Å². The molecule has 1 aliphatic rings. The van der Waals surface area contributed by atoms with Crippen molar-refractivity contribution < 1.29 is 14.5 Å². The molecule has 192 valence electrons. The molecule has 0 fully saturated rings. The van der Waals surface area contributed by atoms with Gasteiger partial charge in [-0.2, -0.15) is 5.10 Å². The summed E-state index contributed by atoms with van der Waals surface area (Å²) in [7, 11) is 0. The predicted molar refractivity (Wildman–Crippen MR) is 152 cm³/mol. The smallest absolute Gasteiger partial charge is 0.294 e. The lowest BCUT2D eigenvalue weighted by atomic mass is 10.0. The highest BCUT2D eigenvalue weighted by atomic mass is 32.1. The Labute approximate surface area is 226 Å². The van der Waals surface area contributed by atoms with Crippen LogP contribution in [-0.2, 0) is 4.79 Å². The zero-order valence-corrected chi connectivity index (χ0v) is 21.5. The third-order valence-electron chi connectivity index (χ3n) is 6.32. The van der Waals surface area contributed by atoms with Crippen molar-refractivity contribution in [2.24, 2.45) is 10.1 Å². The molecule has 9 nitrogen and oxygen atoms in total. The first kappa shape index (κ1) is 24.3. The van der Waals surface area contributed by atoms with Crippen LogP contribution in [0.15, 0.2) is 100 Å². The zero-order valence-electron chi connectivity index (χ0n) is 20.7. The average molecular weight is 536 g/mol. The summed E-state index contributed by atoms with van der Waals surface area (Å²) in [6.45, 7) is 1.89. The molecule has 0 aliphatic carbocycles. The molecule has 10 heteroatoms. The maximum absolute atomic E-state index is 11.9. The molecule has 0 atom stereocenters. The predicted octanol–water partition coefficient (Wildman–Crippen LogP) is 6.11. The van der Waals surface area contributed by atoms with Crippen molar-refractivity contribution in [3.63, 3.8) is 0 Å². The number of nitrogens with one attached hydrogen (secondary N) is 1. The molecule has 1 aromatic heterocycles. The van der Waals surface area contributed by atoms with Gasteiger partial charge in [-0.05, 0) is 42.0 Å². The number of thiazole rings is 1. The van der Waals surface area contributed by atoms with Crippen LogP contribution >= 0.6 is 11.3 Å². The first-order chi connectivity index (χ1) is 19.0. The number of rotatable bonds is 5. The summed E-state index contributed by atoms with van der Waals surface area (Å²) in [5.41, 5.74) is 3.88. The molecule has 0 saturated carbocycles. The minimum atomic E-state index is -0.450. The Morgan fingerprint density at radius 1 is 1.05 bits per heavy atom. The molecule has 39 heavy (non-hydrogen) atoms.